The monoisotopic (exact) mass is 308 g/mol. The lowest BCUT2D eigenvalue weighted by molar-refractivity contribution is 0.177. The van der Waals surface area contributed by atoms with Crippen molar-refractivity contribution in [2.24, 2.45) is 0 Å². The first-order valence-corrected chi connectivity index (χ1v) is 8.78. The highest BCUT2D eigenvalue weighted by molar-refractivity contribution is 5.33. The number of epoxide rings is 1. The van der Waals surface area contributed by atoms with Crippen LogP contribution in [0.5, 0.6) is 5.75 Å². The van der Waals surface area contributed by atoms with Crippen LogP contribution in [0.25, 0.3) is 0 Å². The van der Waals surface area contributed by atoms with Crippen LogP contribution in [0.2, 0.25) is 0 Å². The molecule has 3 heteroatoms. The van der Waals surface area contributed by atoms with E-state index in [1.807, 2.05) is 6.07 Å². The maximum atomic E-state index is 7.57. The predicted molar refractivity (Wildman–Crippen MR) is 91.3 cm³/mol. The molecular weight excluding hydrogens is 276 g/mol. The summed E-state index contributed by atoms with van der Waals surface area (Å²) < 4.78 is 10.9. The van der Waals surface area contributed by atoms with Gasteiger partial charge in [-0.3, -0.25) is 0 Å². The van der Waals surface area contributed by atoms with Gasteiger partial charge >= 0.3 is 0 Å². The van der Waals surface area contributed by atoms with Gasteiger partial charge in [-0.25, -0.2) is 0 Å². The van der Waals surface area contributed by atoms with Gasteiger partial charge < -0.3 is 14.6 Å². The van der Waals surface area contributed by atoms with E-state index in [9.17, 15) is 0 Å². The van der Waals surface area contributed by atoms with Gasteiger partial charge in [0.25, 0.3) is 0 Å². The third kappa shape index (κ3) is 9.06. The summed E-state index contributed by atoms with van der Waals surface area (Å²) in [4.78, 5) is 0. The summed E-state index contributed by atoms with van der Waals surface area (Å²) in [5, 5.41) is 7.57. The highest BCUT2D eigenvalue weighted by Crippen LogP contribution is 2.25. The number of rotatable bonds is 10. The molecule has 3 nitrogen and oxygen atoms in total. The molecule has 0 spiro atoms. The second-order valence-electron chi connectivity index (χ2n) is 5.68. The Morgan fingerprint density at radius 3 is 2.27 bits per heavy atom. The Balaban J connectivity index is 0.000000745. The molecule has 0 bridgehead atoms. The van der Waals surface area contributed by atoms with Crippen molar-refractivity contribution in [3.05, 3.63) is 29.8 Å². The van der Waals surface area contributed by atoms with Gasteiger partial charge in [0.1, 0.15) is 12.4 Å². The minimum atomic E-state index is 0.00944. The fourth-order valence-electron chi connectivity index (χ4n) is 2.35. The molecule has 1 aliphatic heterocycles. The second kappa shape index (κ2) is 12.5. The largest absolute Gasteiger partial charge is 0.462 e. The lowest BCUT2D eigenvalue weighted by atomic mass is 10.0. The number of para-hydroxylation sites is 1. The third-order valence-electron chi connectivity index (χ3n) is 3.58. The number of aryl methyl sites for hydroxylation is 1. The van der Waals surface area contributed by atoms with E-state index in [-0.39, 0.29) is 12.9 Å². The van der Waals surface area contributed by atoms with Gasteiger partial charge in [-0.1, -0.05) is 63.6 Å². The summed E-state index contributed by atoms with van der Waals surface area (Å²) >= 11 is 0. The van der Waals surface area contributed by atoms with E-state index in [1.54, 1.807) is 6.92 Å². The number of aliphatic hydroxyl groups is 1. The zero-order chi connectivity index (χ0) is 16.0. The van der Waals surface area contributed by atoms with E-state index in [1.165, 1.54) is 50.5 Å². The van der Waals surface area contributed by atoms with Crippen LogP contribution < -0.4 is 4.74 Å². The summed E-state index contributed by atoms with van der Waals surface area (Å²) in [7, 11) is 0. The average Bonchev–Trinajstić information content (AvgIpc) is 3.33. The summed E-state index contributed by atoms with van der Waals surface area (Å²) in [6.07, 6.45) is 10.6. The average molecular weight is 308 g/mol. The van der Waals surface area contributed by atoms with Crippen molar-refractivity contribution in [3.63, 3.8) is 0 Å². The topological polar surface area (TPSA) is 42.0 Å². The Bertz CT molecular complexity index is 375. The molecule has 0 saturated carbocycles. The molecule has 1 saturated heterocycles. The molecule has 1 aliphatic rings. The Labute approximate surface area is 135 Å². The van der Waals surface area contributed by atoms with Crippen LogP contribution in [-0.4, -0.2) is 24.6 Å². The number of unbranched alkanes of at least 4 members (excludes halogenated alkanes) is 6. The molecule has 1 heterocycles. The van der Waals surface area contributed by atoms with E-state index in [0.717, 1.165) is 18.8 Å². The quantitative estimate of drug-likeness (QED) is 0.502. The normalized spacial score (nSPS) is 15.9. The molecule has 1 aromatic carbocycles. The van der Waals surface area contributed by atoms with Crippen molar-refractivity contribution in [1.82, 2.24) is 0 Å². The van der Waals surface area contributed by atoms with Crippen LogP contribution in [-0.2, 0) is 11.2 Å². The van der Waals surface area contributed by atoms with E-state index in [0.29, 0.717) is 0 Å². The zero-order valence-corrected chi connectivity index (χ0v) is 14.2. The van der Waals surface area contributed by atoms with Crippen molar-refractivity contribution >= 4 is 0 Å². The minimum absolute atomic E-state index is 0.00944. The SMILES string of the molecule is CCCCCCCCCc1ccccc1OC1CO1.CCO. The van der Waals surface area contributed by atoms with E-state index < -0.39 is 0 Å². The maximum Gasteiger partial charge on any atom is 0.223 e. The van der Waals surface area contributed by atoms with Crippen molar-refractivity contribution in [3.8, 4) is 5.75 Å². The molecule has 1 atom stereocenters. The molecule has 1 fully saturated rings. The van der Waals surface area contributed by atoms with Gasteiger partial charge in [0, 0.05) is 6.61 Å². The van der Waals surface area contributed by atoms with Crippen LogP contribution in [0.4, 0.5) is 0 Å². The van der Waals surface area contributed by atoms with Crippen LogP contribution >= 0.6 is 0 Å². The molecule has 22 heavy (non-hydrogen) atoms. The summed E-state index contributed by atoms with van der Waals surface area (Å²) in [5.74, 6) is 1.01. The molecule has 0 aliphatic carbocycles. The van der Waals surface area contributed by atoms with E-state index in [4.69, 9.17) is 14.6 Å². The highest BCUT2D eigenvalue weighted by atomic mass is 16.8. The lowest BCUT2D eigenvalue weighted by Gasteiger charge is -2.09. The van der Waals surface area contributed by atoms with Gasteiger partial charge in [0.15, 0.2) is 0 Å². The van der Waals surface area contributed by atoms with Crippen LogP contribution in [0.1, 0.15) is 64.4 Å². The Kier molecular flexibility index (Phi) is 10.8. The summed E-state index contributed by atoms with van der Waals surface area (Å²) in [5.41, 5.74) is 1.33. The molecule has 2 rings (SSSR count). The first-order valence-electron chi connectivity index (χ1n) is 8.78. The van der Waals surface area contributed by atoms with Gasteiger partial charge in [0.2, 0.25) is 6.29 Å². The summed E-state index contributed by atoms with van der Waals surface area (Å²) in [6, 6.07) is 8.36. The van der Waals surface area contributed by atoms with Crippen molar-refractivity contribution < 1.29 is 14.6 Å². The zero-order valence-electron chi connectivity index (χ0n) is 14.2. The van der Waals surface area contributed by atoms with Crippen molar-refractivity contribution in [1.29, 1.82) is 0 Å². The van der Waals surface area contributed by atoms with Crippen molar-refractivity contribution in [2.75, 3.05) is 13.2 Å². The predicted octanol–water partition coefficient (Wildman–Crippen LogP) is 4.71. The molecule has 1 N–H and O–H groups in total. The van der Waals surface area contributed by atoms with Crippen LogP contribution in [0, 0.1) is 0 Å². The fourth-order valence-corrected chi connectivity index (χ4v) is 2.35. The Morgan fingerprint density at radius 1 is 1.05 bits per heavy atom. The standard InChI is InChI=1S/C17H26O2.C2H6O/c1-2-3-4-5-6-7-8-11-15-12-9-10-13-16(15)19-17-14-18-17;1-2-3/h9-10,12-13,17H,2-8,11,14H2,1H3;3H,2H2,1H3. The Morgan fingerprint density at radius 2 is 1.64 bits per heavy atom. The molecule has 126 valence electrons. The molecule has 0 radical (unpaired) electrons. The number of hydrogen-bond acceptors (Lipinski definition) is 3. The molecular formula is C19H32O3. The lowest BCUT2D eigenvalue weighted by Crippen LogP contribution is -2.01. The number of ether oxygens (including phenoxy) is 2. The van der Waals surface area contributed by atoms with Crippen molar-refractivity contribution in [2.45, 2.75) is 71.5 Å². The van der Waals surface area contributed by atoms with E-state index in [2.05, 4.69) is 25.1 Å². The van der Waals surface area contributed by atoms with Gasteiger partial charge in [-0.05, 0) is 31.4 Å². The minimum Gasteiger partial charge on any atom is -0.462 e. The van der Waals surface area contributed by atoms with Gasteiger partial charge in [0.05, 0.1) is 0 Å². The molecule has 1 aromatic rings. The number of hydrogen-bond donors (Lipinski definition) is 1. The molecule has 0 amide bonds. The fraction of sp³-hybridized carbons (Fsp3) is 0.684. The van der Waals surface area contributed by atoms with E-state index >= 15 is 0 Å². The highest BCUT2D eigenvalue weighted by Gasteiger charge is 2.25. The van der Waals surface area contributed by atoms with Gasteiger partial charge in [-0.2, -0.15) is 0 Å². The first kappa shape index (κ1) is 19.0. The Hall–Kier alpha value is -1.06. The summed E-state index contributed by atoms with van der Waals surface area (Å²) in [6.45, 7) is 4.94. The smallest absolute Gasteiger partial charge is 0.223 e. The maximum absolute atomic E-state index is 7.57. The molecule has 0 aromatic heterocycles. The van der Waals surface area contributed by atoms with Gasteiger partial charge in [-0.15, -0.1) is 0 Å². The molecule has 1 unspecified atom stereocenters. The van der Waals surface area contributed by atoms with Crippen LogP contribution in [0.3, 0.4) is 0 Å². The number of aliphatic hydroxyl groups excluding tert-OH is 1. The number of benzene rings is 1. The first-order chi connectivity index (χ1) is 10.8. The second-order valence-corrected chi connectivity index (χ2v) is 5.68. The third-order valence-corrected chi connectivity index (χ3v) is 3.58. The van der Waals surface area contributed by atoms with Crippen LogP contribution in [0.15, 0.2) is 24.3 Å².